The molecular weight excluding hydrogens is 254 g/mol. The summed E-state index contributed by atoms with van der Waals surface area (Å²) in [5.41, 5.74) is 1.87. The summed E-state index contributed by atoms with van der Waals surface area (Å²) in [6, 6.07) is 0. The van der Waals surface area contributed by atoms with Gasteiger partial charge in [0.1, 0.15) is 0 Å². The first kappa shape index (κ1) is 15.2. The second-order valence-corrected chi connectivity index (χ2v) is 5.96. The van der Waals surface area contributed by atoms with E-state index in [1.807, 2.05) is 13.8 Å². The van der Waals surface area contributed by atoms with Crippen LogP contribution in [-0.4, -0.2) is 46.2 Å². The van der Waals surface area contributed by atoms with E-state index >= 15 is 0 Å². The summed E-state index contributed by atoms with van der Waals surface area (Å²) >= 11 is 0. The van der Waals surface area contributed by atoms with Gasteiger partial charge in [-0.3, -0.25) is 0 Å². The second kappa shape index (κ2) is 6.06. The fraction of sp³-hybridized carbons (Fsp3) is 0.733. The number of rotatable bonds is 4. The average molecular weight is 279 g/mol. The normalized spacial score (nSPS) is 26.9. The van der Waals surface area contributed by atoms with Crippen molar-refractivity contribution < 1.29 is 10.2 Å². The van der Waals surface area contributed by atoms with E-state index in [4.69, 9.17) is 0 Å². The van der Waals surface area contributed by atoms with Crippen LogP contribution in [0.5, 0.6) is 0 Å². The molecular formula is C15H25N3O2. The van der Waals surface area contributed by atoms with Gasteiger partial charge < -0.3 is 15.1 Å². The molecule has 0 bridgehead atoms. The standard InChI is InChI=1S/C15H25N3O2/c1-4-5-15(10-19)6-7-18(9-13(15)20)14-12(3)11(2)8-16-17-14/h8,13,19-20H,4-7,9-10H2,1-3H3/t13-,15+/m0/s1. The van der Waals surface area contributed by atoms with Crippen LogP contribution in [-0.2, 0) is 0 Å². The van der Waals surface area contributed by atoms with E-state index in [1.54, 1.807) is 6.20 Å². The first-order valence-electron chi connectivity index (χ1n) is 7.37. The maximum absolute atomic E-state index is 10.5. The van der Waals surface area contributed by atoms with E-state index in [2.05, 4.69) is 22.0 Å². The highest BCUT2D eigenvalue weighted by Gasteiger charge is 2.41. The van der Waals surface area contributed by atoms with Crippen LogP contribution in [0.1, 0.15) is 37.3 Å². The quantitative estimate of drug-likeness (QED) is 0.873. The van der Waals surface area contributed by atoms with Crippen LogP contribution in [0.3, 0.4) is 0 Å². The zero-order valence-corrected chi connectivity index (χ0v) is 12.6. The Balaban J connectivity index is 2.18. The maximum Gasteiger partial charge on any atom is 0.154 e. The lowest BCUT2D eigenvalue weighted by atomic mass is 9.73. The number of anilines is 1. The second-order valence-electron chi connectivity index (χ2n) is 5.96. The highest BCUT2D eigenvalue weighted by molar-refractivity contribution is 5.48. The molecule has 112 valence electrons. The Morgan fingerprint density at radius 2 is 2.20 bits per heavy atom. The smallest absolute Gasteiger partial charge is 0.154 e. The first-order valence-corrected chi connectivity index (χ1v) is 7.37. The van der Waals surface area contributed by atoms with E-state index in [0.717, 1.165) is 42.8 Å². The van der Waals surface area contributed by atoms with Gasteiger partial charge in [0.05, 0.1) is 18.9 Å². The number of hydrogen-bond donors (Lipinski definition) is 2. The van der Waals surface area contributed by atoms with Crippen molar-refractivity contribution in [2.45, 2.75) is 46.1 Å². The molecule has 20 heavy (non-hydrogen) atoms. The lowest BCUT2D eigenvalue weighted by Crippen LogP contribution is -2.53. The molecule has 5 nitrogen and oxygen atoms in total. The Labute approximate surface area is 120 Å². The minimum absolute atomic E-state index is 0.0499. The monoisotopic (exact) mass is 279 g/mol. The number of aryl methyl sites for hydroxylation is 1. The maximum atomic E-state index is 10.5. The van der Waals surface area contributed by atoms with Gasteiger partial charge in [0.2, 0.25) is 0 Å². The van der Waals surface area contributed by atoms with Crippen LogP contribution in [0, 0.1) is 19.3 Å². The topological polar surface area (TPSA) is 69.5 Å². The van der Waals surface area contributed by atoms with Crippen LogP contribution in [0.15, 0.2) is 6.20 Å². The number of piperidine rings is 1. The van der Waals surface area contributed by atoms with Crippen molar-refractivity contribution in [2.24, 2.45) is 5.41 Å². The molecule has 1 saturated heterocycles. The minimum Gasteiger partial charge on any atom is -0.396 e. The fourth-order valence-electron chi connectivity index (χ4n) is 3.08. The molecule has 1 aromatic rings. The number of aromatic nitrogens is 2. The molecule has 0 radical (unpaired) electrons. The van der Waals surface area contributed by atoms with Crippen molar-refractivity contribution in [1.29, 1.82) is 0 Å². The lowest BCUT2D eigenvalue weighted by molar-refractivity contribution is -0.0372. The van der Waals surface area contributed by atoms with E-state index in [9.17, 15) is 10.2 Å². The van der Waals surface area contributed by atoms with Gasteiger partial charge >= 0.3 is 0 Å². The van der Waals surface area contributed by atoms with Crippen LogP contribution >= 0.6 is 0 Å². The first-order chi connectivity index (χ1) is 9.54. The van der Waals surface area contributed by atoms with Crippen molar-refractivity contribution >= 4 is 5.82 Å². The summed E-state index contributed by atoms with van der Waals surface area (Å²) in [6.45, 7) is 7.51. The predicted molar refractivity (Wildman–Crippen MR) is 78.8 cm³/mol. The van der Waals surface area contributed by atoms with E-state index in [0.29, 0.717) is 6.54 Å². The van der Waals surface area contributed by atoms with Gasteiger partial charge in [0.15, 0.2) is 5.82 Å². The molecule has 2 N–H and O–H groups in total. The van der Waals surface area contributed by atoms with Gasteiger partial charge in [-0.05, 0) is 37.8 Å². The van der Waals surface area contributed by atoms with E-state index in [-0.39, 0.29) is 12.0 Å². The number of β-amino-alcohol motifs (C(OH)–C–C–N with tert-alkyl or cyclic N) is 1. The molecule has 0 aliphatic carbocycles. The SMILES string of the molecule is CCC[C@]1(CO)CCN(c2nncc(C)c2C)C[C@@H]1O. The molecule has 1 aliphatic rings. The zero-order chi connectivity index (χ0) is 14.8. The van der Waals surface area contributed by atoms with Crippen molar-refractivity contribution in [3.8, 4) is 0 Å². The third kappa shape index (κ3) is 2.65. The van der Waals surface area contributed by atoms with Gasteiger partial charge in [-0.15, -0.1) is 5.10 Å². The molecule has 2 atom stereocenters. The summed E-state index contributed by atoms with van der Waals surface area (Å²) in [5.74, 6) is 0.854. The molecule has 2 heterocycles. The number of hydrogen-bond acceptors (Lipinski definition) is 5. The third-order valence-corrected chi connectivity index (χ3v) is 4.67. The summed E-state index contributed by atoms with van der Waals surface area (Å²) in [5, 5.41) is 28.4. The van der Waals surface area contributed by atoms with Crippen LogP contribution < -0.4 is 4.90 Å². The van der Waals surface area contributed by atoms with Crippen molar-refractivity contribution in [3.63, 3.8) is 0 Å². The van der Waals surface area contributed by atoms with Gasteiger partial charge in [0.25, 0.3) is 0 Å². The molecule has 0 amide bonds. The Morgan fingerprint density at radius 3 is 2.80 bits per heavy atom. The summed E-state index contributed by atoms with van der Waals surface area (Å²) in [6.07, 6.45) is 3.85. The van der Waals surface area contributed by atoms with Gasteiger partial charge in [0, 0.05) is 18.5 Å². The number of nitrogens with zero attached hydrogens (tertiary/aromatic N) is 3. The Morgan fingerprint density at radius 1 is 1.45 bits per heavy atom. The van der Waals surface area contributed by atoms with Gasteiger partial charge in [-0.25, -0.2) is 0 Å². The number of aliphatic hydroxyl groups is 2. The highest BCUT2D eigenvalue weighted by Crippen LogP contribution is 2.37. The predicted octanol–water partition coefficient (Wildman–Crippen LogP) is 1.44. The largest absolute Gasteiger partial charge is 0.396 e. The summed E-state index contributed by atoms with van der Waals surface area (Å²) in [7, 11) is 0. The van der Waals surface area contributed by atoms with Gasteiger partial charge in [-0.1, -0.05) is 13.3 Å². The van der Waals surface area contributed by atoms with Crippen LogP contribution in [0.25, 0.3) is 0 Å². The van der Waals surface area contributed by atoms with Gasteiger partial charge in [-0.2, -0.15) is 5.10 Å². The van der Waals surface area contributed by atoms with Crippen LogP contribution in [0.2, 0.25) is 0 Å². The fourth-order valence-corrected chi connectivity index (χ4v) is 3.08. The highest BCUT2D eigenvalue weighted by atomic mass is 16.3. The molecule has 1 aromatic heterocycles. The molecule has 0 spiro atoms. The Kier molecular flexibility index (Phi) is 4.60. The van der Waals surface area contributed by atoms with Crippen molar-refractivity contribution in [1.82, 2.24) is 10.2 Å². The lowest BCUT2D eigenvalue weighted by Gasteiger charge is -2.45. The van der Waals surface area contributed by atoms with E-state index < -0.39 is 6.10 Å². The van der Waals surface area contributed by atoms with Crippen molar-refractivity contribution in [2.75, 3.05) is 24.6 Å². The van der Waals surface area contributed by atoms with Crippen LogP contribution in [0.4, 0.5) is 5.82 Å². The zero-order valence-electron chi connectivity index (χ0n) is 12.6. The molecule has 1 fully saturated rings. The minimum atomic E-state index is -0.525. The molecule has 0 unspecified atom stereocenters. The number of aliphatic hydroxyl groups excluding tert-OH is 2. The summed E-state index contributed by atoms with van der Waals surface area (Å²) in [4.78, 5) is 2.09. The van der Waals surface area contributed by atoms with Crippen molar-refractivity contribution in [3.05, 3.63) is 17.3 Å². The molecule has 2 rings (SSSR count). The Bertz CT molecular complexity index is 466. The molecule has 5 heteroatoms. The molecule has 0 saturated carbocycles. The summed E-state index contributed by atoms with van der Waals surface area (Å²) < 4.78 is 0. The third-order valence-electron chi connectivity index (χ3n) is 4.67. The molecule has 0 aromatic carbocycles. The van der Waals surface area contributed by atoms with E-state index in [1.165, 1.54) is 0 Å². The molecule has 1 aliphatic heterocycles. The Hall–Kier alpha value is -1.20. The average Bonchev–Trinajstić information content (AvgIpc) is 2.44.